The Labute approximate surface area is 138 Å². The third-order valence-electron chi connectivity index (χ3n) is 3.54. The van der Waals surface area contributed by atoms with Crippen molar-refractivity contribution in [2.45, 2.75) is 0 Å². The number of ether oxygens (including phenoxy) is 1. The molecule has 0 aliphatic carbocycles. The minimum atomic E-state index is -0.412. The number of rotatable bonds is 4. The van der Waals surface area contributed by atoms with Gasteiger partial charge in [-0.3, -0.25) is 4.79 Å². The van der Waals surface area contributed by atoms with Crippen LogP contribution in [0.3, 0.4) is 0 Å². The van der Waals surface area contributed by atoms with Crippen LogP contribution in [0.15, 0.2) is 48.8 Å². The van der Waals surface area contributed by atoms with Crippen LogP contribution < -0.4 is 10.1 Å². The number of aromatic nitrogens is 3. The first-order chi connectivity index (χ1) is 11.6. The van der Waals surface area contributed by atoms with Gasteiger partial charge in [-0.25, -0.2) is 0 Å². The van der Waals surface area contributed by atoms with Gasteiger partial charge in [0.05, 0.1) is 12.7 Å². The van der Waals surface area contributed by atoms with Gasteiger partial charge in [0, 0.05) is 24.4 Å². The predicted molar refractivity (Wildman–Crippen MR) is 89.1 cm³/mol. The minimum absolute atomic E-state index is 0.142. The van der Waals surface area contributed by atoms with E-state index < -0.39 is 5.91 Å². The number of anilines is 1. The topological polar surface area (TPSA) is 89.3 Å². The molecule has 0 atom stereocenters. The first-order valence-electron chi connectivity index (χ1n) is 7.21. The zero-order chi connectivity index (χ0) is 17.1. The van der Waals surface area contributed by atoms with Crippen LogP contribution in [0.4, 0.5) is 5.69 Å². The maximum absolute atomic E-state index is 12.4. The quantitative estimate of drug-likeness (QED) is 0.769. The Morgan fingerprint density at radius 2 is 2.08 bits per heavy atom. The normalized spacial score (nSPS) is 10.4. The van der Waals surface area contributed by atoms with Crippen LogP contribution in [0, 0.1) is 0 Å². The van der Waals surface area contributed by atoms with Gasteiger partial charge in [-0.05, 0) is 24.3 Å². The van der Waals surface area contributed by atoms with Crippen molar-refractivity contribution in [3.05, 3.63) is 54.4 Å². The molecule has 122 valence electrons. The Kier molecular flexibility index (Phi) is 4.15. The highest BCUT2D eigenvalue weighted by Gasteiger charge is 2.13. The highest BCUT2D eigenvalue weighted by Crippen LogP contribution is 2.25. The van der Waals surface area contributed by atoms with Crippen molar-refractivity contribution in [3.63, 3.8) is 0 Å². The fraction of sp³-hybridized carbons (Fsp3) is 0.118. The Hall–Kier alpha value is -3.35. The standard InChI is InChI=1S/C17H16N4O3/c1-21-10-18-20-16(21)11-4-3-5-12(8-11)19-17(23)14-7-6-13(24-2)9-15(14)22/h3-10,22H,1-2H3,(H,19,23). The van der Waals surface area contributed by atoms with Crippen LogP contribution in [0.1, 0.15) is 10.4 Å². The number of methoxy groups -OCH3 is 1. The van der Waals surface area contributed by atoms with Crippen LogP contribution >= 0.6 is 0 Å². The van der Waals surface area contributed by atoms with Gasteiger partial charge in [-0.15, -0.1) is 10.2 Å². The highest BCUT2D eigenvalue weighted by atomic mass is 16.5. The molecule has 3 rings (SSSR count). The zero-order valence-corrected chi connectivity index (χ0v) is 13.2. The number of phenolic OH excluding ortho intramolecular Hbond substituents is 1. The molecular formula is C17H16N4O3. The fourth-order valence-electron chi connectivity index (χ4n) is 2.31. The Morgan fingerprint density at radius 3 is 2.75 bits per heavy atom. The van der Waals surface area contributed by atoms with E-state index in [-0.39, 0.29) is 11.3 Å². The first-order valence-corrected chi connectivity index (χ1v) is 7.21. The third-order valence-corrected chi connectivity index (χ3v) is 3.54. The van der Waals surface area contributed by atoms with Gasteiger partial charge >= 0.3 is 0 Å². The molecular weight excluding hydrogens is 308 g/mol. The van der Waals surface area contributed by atoms with Crippen LogP contribution in [0.2, 0.25) is 0 Å². The summed E-state index contributed by atoms with van der Waals surface area (Å²) in [5.74, 6) is 0.619. The van der Waals surface area contributed by atoms with E-state index in [9.17, 15) is 9.90 Å². The van der Waals surface area contributed by atoms with Crippen LogP contribution in [-0.2, 0) is 7.05 Å². The number of aryl methyl sites for hydroxylation is 1. The molecule has 0 bridgehead atoms. The molecule has 0 radical (unpaired) electrons. The predicted octanol–water partition coefficient (Wildman–Crippen LogP) is 2.45. The Morgan fingerprint density at radius 1 is 1.25 bits per heavy atom. The lowest BCUT2D eigenvalue weighted by Crippen LogP contribution is -2.12. The smallest absolute Gasteiger partial charge is 0.259 e. The second-order valence-corrected chi connectivity index (χ2v) is 5.18. The summed E-state index contributed by atoms with van der Waals surface area (Å²) in [6.07, 6.45) is 1.61. The van der Waals surface area contributed by atoms with E-state index in [1.54, 1.807) is 29.1 Å². The van der Waals surface area contributed by atoms with E-state index in [0.29, 0.717) is 17.3 Å². The van der Waals surface area contributed by atoms with Gasteiger partial charge in [-0.2, -0.15) is 0 Å². The monoisotopic (exact) mass is 324 g/mol. The molecule has 2 aromatic carbocycles. The first kappa shape index (κ1) is 15.5. The van der Waals surface area contributed by atoms with E-state index in [4.69, 9.17) is 4.74 Å². The van der Waals surface area contributed by atoms with E-state index >= 15 is 0 Å². The van der Waals surface area contributed by atoms with Gasteiger partial charge in [0.25, 0.3) is 5.91 Å². The lowest BCUT2D eigenvalue weighted by Gasteiger charge is -2.09. The van der Waals surface area contributed by atoms with E-state index in [1.807, 2.05) is 19.2 Å². The number of hydrogen-bond donors (Lipinski definition) is 2. The number of aromatic hydroxyl groups is 1. The van der Waals surface area contributed by atoms with Crippen LogP contribution in [0.5, 0.6) is 11.5 Å². The summed E-state index contributed by atoms with van der Waals surface area (Å²) >= 11 is 0. The van der Waals surface area contributed by atoms with Crippen molar-refractivity contribution in [2.75, 3.05) is 12.4 Å². The number of hydrogen-bond acceptors (Lipinski definition) is 5. The number of carbonyl (C=O) groups is 1. The lowest BCUT2D eigenvalue weighted by molar-refractivity contribution is 0.102. The summed E-state index contributed by atoms with van der Waals surface area (Å²) in [7, 11) is 3.34. The molecule has 24 heavy (non-hydrogen) atoms. The largest absolute Gasteiger partial charge is 0.507 e. The summed E-state index contributed by atoms with van der Waals surface area (Å²) in [6, 6.07) is 11.8. The molecule has 0 spiro atoms. The molecule has 1 aromatic heterocycles. The Bertz CT molecular complexity index is 889. The van der Waals surface area contributed by atoms with E-state index in [0.717, 1.165) is 5.56 Å². The molecule has 2 N–H and O–H groups in total. The number of carbonyl (C=O) groups excluding carboxylic acids is 1. The average molecular weight is 324 g/mol. The van der Waals surface area contributed by atoms with Crippen molar-refractivity contribution >= 4 is 11.6 Å². The zero-order valence-electron chi connectivity index (χ0n) is 13.2. The lowest BCUT2D eigenvalue weighted by atomic mass is 10.1. The maximum atomic E-state index is 12.4. The van der Waals surface area contributed by atoms with Crippen molar-refractivity contribution in [2.24, 2.45) is 7.05 Å². The van der Waals surface area contributed by atoms with Crippen molar-refractivity contribution in [3.8, 4) is 22.9 Å². The van der Waals surface area contributed by atoms with Gasteiger partial charge < -0.3 is 19.7 Å². The number of benzene rings is 2. The van der Waals surface area contributed by atoms with Gasteiger partial charge in [0.2, 0.25) is 0 Å². The van der Waals surface area contributed by atoms with Crippen molar-refractivity contribution in [1.29, 1.82) is 0 Å². The summed E-state index contributed by atoms with van der Waals surface area (Å²) < 4.78 is 6.80. The molecule has 0 aliphatic heterocycles. The summed E-state index contributed by atoms with van der Waals surface area (Å²) in [5.41, 5.74) is 1.59. The van der Waals surface area contributed by atoms with Gasteiger partial charge in [0.1, 0.15) is 17.8 Å². The molecule has 0 aliphatic rings. The van der Waals surface area contributed by atoms with Crippen LogP contribution in [-0.4, -0.2) is 32.9 Å². The molecule has 0 fully saturated rings. The van der Waals surface area contributed by atoms with Crippen molar-refractivity contribution < 1.29 is 14.6 Å². The van der Waals surface area contributed by atoms with Crippen LogP contribution in [0.25, 0.3) is 11.4 Å². The highest BCUT2D eigenvalue weighted by molar-refractivity contribution is 6.06. The molecule has 0 saturated carbocycles. The number of phenols is 1. The summed E-state index contributed by atoms with van der Waals surface area (Å²) in [5, 5.41) is 20.6. The second-order valence-electron chi connectivity index (χ2n) is 5.18. The SMILES string of the molecule is COc1ccc(C(=O)Nc2cccc(-c3nncn3C)c2)c(O)c1. The maximum Gasteiger partial charge on any atom is 0.259 e. The second kappa shape index (κ2) is 6.41. The van der Waals surface area contributed by atoms with Crippen molar-refractivity contribution in [1.82, 2.24) is 14.8 Å². The molecule has 1 amide bonds. The number of nitrogens with one attached hydrogen (secondary N) is 1. The summed E-state index contributed by atoms with van der Waals surface area (Å²) in [4.78, 5) is 12.4. The van der Waals surface area contributed by atoms with Gasteiger partial charge in [0.15, 0.2) is 5.82 Å². The molecule has 0 saturated heterocycles. The fourth-order valence-corrected chi connectivity index (χ4v) is 2.31. The minimum Gasteiger partial charge on any atom is -0.507 e. The molecule has 3 aromatic rings. The third kappa shape index (κ3) is 3.05. The molecule has 0 unspecified atom stereocenters. The molecule has 1 heterocycles. The molecule has 7 heteroatoms. The molecule has 7 nitrogen and oxygen atoms in total. The van der Waals surface area contributed by atoms with E-state index in [2.05, 4.69) is 15.5 Å². The Balaban J connectivity index is 1.84. The number of amides is 1. The van der Waals surface area contributed by atoms with E-state index in [1.165, 1.54) is 19.2 Å². The summed E-state index contributed by atoms with van der Waals surface area (Å²) in [6.45, 7) is 0. The number of nitrogens with zero attached hydrogens (tertiary/aromatic N) is 3. The average Bonchev–Trinajstić information content (AvgIpc) is 3.01. The van der Waals surface area contributed by atoms with Gasteiger partial charge in [-0.1, -0.05) is 12.1 Å².